The molecule has 0 aromatic heterocycles. The topological polar surface area (TPSA) is 6.48 Å². The van der Waals surface area contributed by atoms with E-state index in [-0.39, 0.29) is 17.5 Å². The minimum Gasteiger partial charge on any atom is -0.311 e. The average Bonchev–Trinajstić information content (AvgIpc) is 4.15. The van der Waals surface area contributed by atoms with E-state index in [1.165, 1.54) is 124 Å². The third-order valence-electron chi connectivity index (χ3n) is 17.6. The first kappa shape index (κ1) is 32.1. The van der Waals surface area contributed by atoms with Crippen LogP contribution in [0.25, 0.3) is 22.3 Å². The van der Waals surface area contributed by atoms with Gasteiger partial charge >= 0.3 is 0 Å². The standard InChI is InChI=1S/C56H45BN2/c1-2-11-38(12-3-1)58-48-18-9-8-17-47(48)57-53-49(58)19-10-20-50(53)59(39-29-30-41-40-13-4-6-15-43(40)56(46(41)33-39)36-25-26-37(56)28-27-36)51-32-31-45-52(54(51)57)42-14-5-7-16-44(42)55(45)34-21-22-35(55)24-23-34/h1-20,29-37H,21-28H2. The molecule has 2 heterocycles. The van der Waals surface area contributed by atoms with E-state index in [9.17, 15) is 0 Å². The zero-order chi connectivity index (χ0) is 38.2. The van der Waals surface area contributed by atoms with Gasteiger partial charge in [-0.3, -0.25) is 0 Å². The SMILES string of the molecule is c1ccc(N2c3ccccc3B3c4c2cccc4N(c2ccc4c(c2)C2(c5ccccc5-4)C4CCC2CC4)c2ccc4c(c23)-c2ccccc2C42C3CCC2CC3)cc1. The quantitative estimate of drug-likeness (QED) is 0.162. The Hall–Kier alpha value is -5.80. The predicted octanol–water partition coefficient (Wildman–Crippen LogP) is 11.9. The van der Waals surface area contributed by atoms with Crippen LogP contribution in [0.15, 0.2) is 152 Å². The van der Waals surface area contributed by atoms with E-state index in [0.29, 0.717) is 0 Å². The van der Waals surface area contributed by atoms with Gasteiger partial charge in [0.05, 0.1) is 0 Å². The van der Waals surface area contributed by atoms with Gasteiger partial charge in [0, 0.05) is 45.0 Å². The van der Waals surface area contributed by atoms with Crippen molar-refractivity contribution in [3.05, 3.63) is 174 Å². The highest BCUT2D eigenvalue weighted by molar-refractivity contribution is 7.01. The first-order valence-electron chi connectivity index (χ1n) is 22.7. The van der Waals surface area contributed by atoms with Crippen molar-refractivity contribution in [3.8, 4) is 22.3 Å². The monoisotopic (exact) mass is 756 g/mol. The van der Waals surface area contributed by atoms with E-state index >= 15 is 0 Å². The summed E-state index contributed by atoms with van der Waals surface area (Å²) in [6, 6.07) is 59.6. The van der Waals surface area contributed by atoms with Gasteiger partial charge in [0.2, 0.25) is 0 Å². The van der Waals surface area contributed by atoms with Crippen LogP contribution in [0.4, 0.5) is 34.1 Å². The van der Waals surface area contributed by atoms with Gasteiger partial charge < -0.3 is 9.80 Å². The van der Waals surface area contributed by atoms with Crippen molar-refractivity contribution in [3.63, 3.8) is 0 Å². The minimum absolute atomic E-state index is 0.108. The summed E-state index contributed by atoms with van der Waals surface area (Å²) in [6.07, 6.45) is 10.8. The molecule has 2 spiro atoms. The first-order valence-corrected chi connectivity index (χ1v) is 22.7. The van der Waals surface area contributed by atoms with Gasteiger partial charge in [-0.25, -0.2) is 0 Å². The summed E-state index contributed by atoms with van der Waals surface area (Å²) in [5.41, 5.74) is 24.8. The lowest BCUT2D eigenvalue weighted by Crippen LogP contribution is -2.62. The lowest BCUT2D eigenvalue weighted by atomic mass is 9.32. The Morgan fingerprint density at radius 1 is 0.373 bits per heavy atom. The van der Waals surface area contributed by atoms with Gasteiger partial charge in [-0.2, -0.15) is 0 Å². The Labute approximate surface area is 347 Å². The zero-order valence-corrected chi connectivity index (χ0v) is 33.4. The molecule has 6 aliphatic carbocycles. The van der Waals surface area contributed by atoms with Crippen molar-refractivity contribution >= 4 is 57.2 Å². The number of hydrogen-bond acceptors (Lipinski definition) is 2. The Balaban J connectivity index is 1.05. The zero-order valence-electron chi connectivity index (χ0n) is 33.4. The molecule has 0 radical (unpaired) electrons. The largest absolute Gasteiger partial charge is 0.311 e. The number of anilines is 6. The van der Waals surface area contributed by atoms with Crippen LogP contribution in [0.2, 0.25) is 0 Å². The molecular formula is C56H45BN2. The fourth-order valence-electron chi connectivity index (χ4n) is 15.9. The van der Waals surface area contributed by atoms with Crippen LogP contribution in [0.3, 0.4) is 0 Å². The molecule has 282 valence electrons. The van der Waals surface area contributed by atoms with Crippen molar-refractivity contribution in [2.45, 2.75) is 62.2 Å². The molecule has 7 aromatic carbocycles. The molecule has 15 rings (SSSR count). The van der Waals surface area contributed by atoms with Gasteiger partial charge in [-0.1, -0.05) is 103 Å². The van der Waals surface area contributed by atoms with Crippen LogP contribution in [0, 0.1) is 23.7 Å². The smallest absolute Gasteiger partial charge is 0.252 e. The highest BCUT2D eigenvalue weighted by atomic mass is 15.2. The van der Waals surface area contributed by atoms with Crippen molar-refractivity contribution in [1.29, 1.82) is 0 Å². The Kier molecular flexibility index (Phi) is 6.02. The van der Waals surface area contributed by atoms with E-state index in [0.717, 1.165) is 23.7 Å². The third kappa shape index (κ3) is 3.60. The summed E-state index contributed by atoms with van der Waals surface area (Å²) in [5.74, 6) is 2.89. The molecule has 8 aliphatic rings. The van der Waals surface area contributed by atoms with Crippen LogP contribution in [-0.4, -0.2) is 6.71 Å². The molecule has 0 amide bonds. The fourth-order valence-corrected chi connectivity index (χ4v) is 15.9. The molecular weight excluding hydrogens is 711 g/mol. The molecule has 4 bridgehead atoms. The maximum absolute atomic E-state index is 2.72. The van der Waals surface area contributed by atoms with Crippen LogP contribution in [-0.2, 0) is 10.8 Å². The number of benzene rings is 7. The van der Waals surface area contributed by atoms with E-state index < -0.39 is 0 Å². The molecule has 3 heteroatoms. The molecule has 0 N–H and O–H groups in total. The van der Waals surface area contributed by atoms with Crippen LogP contribution in [0.5, 0.6) is 0 Å². The maximum Gasteiger partial charge on any atom is 0.252 e. The second kappa shape index (κ2) is 11.1. The maximum atomic E-state index is 2.72. The summed E-state index contributed by atoms with van der Waals surface area (Å²) in [7, 11) is 0. The average molecular weight is 757 g/mol. The minimum atomic E-state index is 0.108. The van der Waals surface area contributed by atoms with E-state index in [1.807, 2.05) is 0 Å². The lowest BCUT2D eigenvalue weighted by molar-refractivity contribution is 0.400. The van der Waals surface area contributed by atoms with Crippen molar-refractivity contribution < 1.29 is 0 Å². The van der Waals surface area contributed by atoms with E-state index in [2.05, 4.69) is 161 Å². The van der Waals surface area contributed by atoms with Crippen LogP contribution in [0.1, 0.15) is 73.6 Å². The second-order valence-corrected chi connectivity index (χ2v) is 19.3. The number of nitrogens with zero attached hydrogens (tertiary/aromatic N) is 2. The summed E-state index contributed by atoms with van der Waals surface area (Å²) >= 11 is 0. The first-order chi connectivity index (χ1) is 29.3. The number of rotatable bonds is 2. The molecule has 2 aliphatic heterocycles. The Morgan fingerprint density at radius 3 is 1.61 bits per heavy atom. The van der Waals surface area contributed by atoms with Crippen molar-refractivity contribution in [2.75, 3.05) is 9.80 Å². The number of fused-ring (bicyclic) bond motifs is 11. The normalized spacial score (nSPS) is 27.5. The Bertz CT molecular complexity index is 2940. The summed E-state index contributed by atoms with van der Waals surface area (Å²) in [6.45, 7) is 0.108. The van der Waals surface area contributed by atoms with Gasteiger partial charge in [0.1, 0.15) is 0 Å². The van der Waals surface area contributed by atoms with Crippen molar-refractivity contribution in [2.24, 2.45) is 23.7 Å². The Morgan fingerprint density at radius 2 is 0.898 bits per heavy atom. The molecule has 7 aromatic rings. The highest BCUT2D eigenvalue weighted by Crippen LogP contribution is 2.70. The number of para-hydroxylation sites is 2. The number of hydrogen-bond donors (Lipinski definition) is 0. The molecule has 4 saturated carbocycles. The molecule has 0 atom stereocenters. The van der Waals surface area contributed by atoms with Crippen LogP contribution >= 0.6 is 0 Å². The third-order valence-corrected chi connectivity index (χ3v) is 17.6. The molecule has 4 fully saturated rings. The fraction of sp³-hybridized carbons (Fsp3) is 0.250. The van der Waals surface area contributed by atoms with Gasteiger partial charge in [0.25, 0.3) is 6.71 Å². The molecule has 2 nitrogen and oxygen atoms in total. The van der Waals surface area contributed by atoms with Crippen molar-refractivity contribution in [1.82, 2.24) is 0 Å². The summed E-state index contributed by atoms with van der Waals surface area (Å²) < 4.78 is 0. The molecule has 0 unspecified atom stereocenters. The molecule has 0 saturated heterocycles. The van der Waals surface area contributed by atoms with E-state index in [4.69, 9.17) is 0 Å². The van der Waals surface area contributed by atoms with Gasteiger partial charge in [0.15, 0.2) is 0 Å². The van der Waals surface area contributed by atoms with Crippen LogP contribution < -0.4 is 26.2 Å². The van der Waals surface area contributed by atoms with Gasteiger partial charge in [-0.05, 0) is 184 Å². The van der Waals surface area contributed by atoms with E-state index in [1.54, 1.807) is 22.3 Å². The molecule has 59 heavy (non-hydrogen) atoms. The predicted molar refractivity (Wildman–Crippen MR) is 244 cm³/mol. The second-order valence-electron chi connectivity index (χ2n) is 19.3. The lowest BCUT2D eigenvalue weighted by Gasteiger charge is -2.45. The van der Waals surface area contributed by atoms with Gasteiger partial charge in [-0.15, -0.1) is 0 Å². The summed E-state index contributed by atoms with van der Waals surface area (Å²) in [4.78, 5) is 5.26. The summed E-state index contributed by atoms with van der Waals surface area (Å²) in [5, 5.41) is 0. The highest BCUT2D eigenvalue weighted by Gasteiger charge is 2.62.